The number of ketones is 1. The molecule has 0 amide bonds. The third-order valence-corrected chi connectivity index (χ3v) is 3.71. The number of anilines is 1. The number of rotatable bonds is 3. The summed E-state index contributed by atoms with van der Waals surface area (Å²) in [7, 11) is 4.04. The van der Waals surface area contributed by atoms with E-state index in [-0.39, 0.29) is 11.7 Å². The van der Waals surface area contributed by atoms with Gasteiger partial charge in [0.1, 0.15) is 5.78 Å². The quantitative estimate of drug-likeness (QED) is 0.829. The average molecular weight is 258 g/mol. The van der Waals surface area contributed by atoms with Crippen molar-refractivity contribution in [3.63, 3.8) is 0 Å². The van der Waals surface area contributed by atoms with Crippen molar-refractivity contribution in [2.75, 3.05) is 19.0 Å². The van der Waals surface area contributed by atoms with Gasteiger partial charge in [0.25, 0.3) is 0 Å². The highest BCUT2D eigenvalue weighted by molar-refractivity contribution is 6.05. The lowest BCUT2D eigenvalue weighted by molar-refractivity contribution is -0.119. The van der Waals surface area contributed by atoms with Crippen LogP contribution in [0.5, 0.6) is 0 Å². The number of carbonyl (C=O) groups is 1. The van der Waals surface area contributed by atoms with E-state index < -0.39 is 0 Å². The summed E-state index contributed by atoms with van der Waals surface area (Å²) < 4.78 is 0. The van der Waals surface area contributed by atoms with E-state index in [1.54, 1.807) is 6.92 Å². The molecule has 0 N–H and O–H groups in total. The molecule has 3 heteroatoms. The van der Waals surface area contributed by atoms with Gasteiger partial charge >= 0.3 is 0 Å². The molecule has 2 rings (SSSR count). The zero-order chi connectivity index (χ0) is 13.8. The molecule has 1 unspecified atom stereocenters. The molecule has 1 aliphatic carbocycles. The van der Waals surface area contributed by atoms with Gasteiger partial charge in [0.2, 0.25) is 0 Å². The Kier molecular flexibility index (Phi) is 4.35. The van der Waals surface area contributed by atoms with Crippen LogP contribution in [-0.4, -0.2) is 25.6 Å². The number of hydrogen-bond donors (Lipinski definition) is 0. The van der Waals surface area contributed by atoms with Crippen LogP contribution in [-0.2, 0) is 4.79 Å². The molecule has 0 radical (unpaired) electrons. The maximum atomic E-state index is 11.7. The number of nitrogens with zero attached hydrogens (tertiary/aromatic N) is 2. The largest absolute Gasteiger partial charge is 0.378 e. The second kappa shape index (κ2) is 6.00. The Bertz CT molecular complexity index is 474. The molecule has 0 aromatic heterocycles. The summed E-state index contributed by atoms with van der Waals surface area (Å²) in [6, 6.07) is 8.16. The van der Waals surface area contributed by atoms with Crippen LogP contribution < -0.4 is 4.90 Å². The lowest BCUT2D eigenvalue weighted by Gasteiger charge is -2.21. The minimum Gasteiger partial charge on any atom is -0.378 e. The topological polar surface area (TPSA) is 32.7 Å². The maximum absolute atomic E-state index is 11.7. The third-order valence-electron chi connectivity index (χ3n) is 3.71. The number of hydrogen-bond acceptors (Lipinski definition) is 3. The number of aliphatic imine (C=N–C) groups is 1. The first kappa shape index (κ1) is 13.8. The molecule has 1 saturated carbocycles. The van der Waals surface area contributed by atoms with Gasteiger partial charge in [-0.05, 0) is 50.5 Å². The van der Waals surface area contributed by atoms with Gasteiger partial charge in [-0.3, -0.25) is 9.79 Å². The van der Waals surface area contributed by atoms with Crippen molar-refractivity contribution in [3.8, 4) is 0 Å². The van der Waals surface area contributed by atoms with E-state index in [9.17, 15) is 4.79 Å². The Labute approximate surface area is 115 Å². The van der Waals surface area contributed by atoms with Crippen molar-refractivity contribution in [1.82, 2.24) is 0 Å². The predicted octanol–water partition coefficient (Wildman–Crippen LogP) is 3.60. The van der Waals surface area contributed by atoms with Gasteiger partial charge < -0.3 is 4.90 Å². The van der Waals surface area contributed by atoms with E-state index in [1.165, 1.54) is 0 Å². The smallest absolute Gasteiger partial charge is 0.138 e. The first-order chi connectivity index (χ1) is 9.08. The molecule has 102 valence electrons. The van der Waals surface area contributed by atoms with Gasteiger partial charge in [0.05, 0.1) is 11.6 Å². The second-order valence-corrected chi connectivity index (χ2v) is 5.42. The van der Waals surface area contributed by atoms with Crippen LogP contribution in [0.2, 0.25) is 0 Å². The Morgan fingerprint density at radius 1 is 1.21 bits per heavy atom. The molecule has 1 aromatic rings. The number of Topliss-reactive ketones (excluding diaryl/α,β-unsaturated/α-hetero) is 1. The predicted molar refractivity (Wildman–Crippen MR) is 80.5 cm³/mol. The van der Waals surface area contributed by atoms with Gasteiger partial charge in [-0.2, -0.15) is 0 Å². The van der Waals surface area contributed by atoms with Crippen LogP contribution in [0.25, 0.3) is 0 Å². The molecule has 0 spiro atoms. The molecular formula is C16H22N2O. The number of carbonyl (C=O) groups excluding carboxylic acids is 1. The monoisotopic (exact) mass is 258 g/mol. The minimum atomic E-state index is 0.0438. The summed E-state index contributed by atoms with van der Waals surface area (Å²) >= 11 is 0. The van der Waals surface area contributed by atoms with Gasteiger partial charge in [-0.1, -0.05) is 6.42 Å². The van der Waals surface area contributed by atoms with Crippen molar-refractivity contribution in [2.45, 2.75) is 32.6 Å². The summed E-state index contributed by atoms with van der Waals surface area (Å²) in [6.07, 6.45) is 4.21. The Hall–Kier alpha value is -1.64. The van der Waals surface area contributed by atoms with E-state index in [2.05, 4.69) is 17.0 Å². The summed E-state index contributed by atoms with van der Waals surface area (Å²) in [5, 5.41) is 0. The fourth-order valence-electron chi connectivity index (χ4n) is 2.56. The highest BCUT2D eigenvalue weighted by atomic mass is 16.1. The minimum absolute atomic E-state index is 0.0438. The summed E-state index contributed by atoms with van der Waals surface area (Å²) in [4.78, 5) is 18.4. The molecule has 19 heavy (non-hydrogen) atoms. The fourth-order valence-corrected chi connectivity index (χ4v) is 2.56. The second-order valence-electron chi connectivity index (χ2n) is 5.42. The lowest BCUT2D eigenvalue weighted by atomic mass is 9.84. The fraction of sp³-hybridized carbons (Fsp3) is 0.500. The highest BCUT2D eigenvalue weighted by Gasteiger charge is 2.24. The van der Waals surface area contributed by atoms with Crippen molar-refractivity contribution in [1.29, 1.82) is 0 Å². The van der Waals surface area contributed by atoms with Crippen molar-refractivity contribution in [3.05, 3.63) is 24.3 Å². The summed E-state index contributed by atoms with van der Waals surface area (Å²) in [5.41, 5.74) is 3.18. The normalized spacial score (nSPS) is 21.4. The zero-order valence-corrected chi connectivity index (χ0v) is 12.0. The maximum Gasteiger partial charge on any atom is 0.138 e. The lowest BCUT2D eigenvalue weighted by Crippen LogP contribution is -2.25. The van der Waals surface area contributed by atoms with Crippen LogP contribution in [0.1, 0.15) is 32.6 Å². The zero-order valence-electron chi connectivity index (χ0n) is 12.0. The molecule has 0 heterocycles. The average Bonchev–Trinajstić information content (AvgIpc) is 2.39. The molecule has 0 saturated heterocycles. The van der Waals surface area contributed by atoms with E-state index in [0.717, 1.165) is 42.8 Å². The first-order valence-corrected chi connectivity index (χ1v) is 6.93. The van der Waals surface area contributed by atoms with Crippen LogP contribution >= 0.6 is 0 Å². The van der Waals surface area contributed by atoms with Crippen LogP contribution in [0.15, 0.2) is 29.3 Å². The first-order valence-electron chi connectivity index (χ1n) is 6.93. The Morgan fingerprint density at radius 2 is 1.89 bits per heavy atom. The molecule has 1 aliphatic rings. The van der Waals surface area contributed by atoms with Crippen molar-refractivity contribution >= 4 is 22.9 Å². The third kappa shape index (κ3) is 3.43. The van der Waals surface area contributed by atoms with Crippen LogP contribution in [0, 0.1) is 5.92 Å². The Morgan fingerprint density at radius 3 is 2.47 bits per heavy atom. The van der Waals surface area contributed by atoms with Gasteiger partial charge in [0.15, 0.2) is 0 Å². The highest BCUT2D eigenvalue weighted by Crippen LogP contribution is 2.26. The van der Waals surface area contributed by atoms with Gasteiger partial charge in [-0.15, -0.1) is 0 Å². The van der Waals surface area contributed by atoms with Gasteiger partial charge in [0, 0.05) is 25.5 Å². The SMILES string of the molecule is CC(=O)C1CCCCC1=Nc1ccc(N(C)C)cc1. The van der Waals surface area contributed by atoms with Crippen LogP contribution in [0.3, 0.4) is 0 Å². The summed E-state index contributed by atoms with van der Waals surface area (Å²) in [6.45, 7) is 1.68. The molecule has 3 nitrogen and oxygen atoms in total. The van der Waals surface area contributed by atoms with Gasteiger partial charge in [-0.25, -0.2) is 0 Å². The molecule has 0 aliphatic heterocycles. The molecule has 1 fully saturated rings. The van der Waals surface area contributed by atoms with Crippen molar-refractivity contribution in [2.24, 2.45) is 10.9 Å². The van der Waals surface area contributed by atoms with E-state index in [0.29, 0.717) is 0 Å². The molecule has 1 aromatic carbocycles. The molecular weight excluding hydrogens is 236 g/mol. The van der Waals surface area contributed by atoms with Crippen molar-refractivity contribution < 1.29 is 4.79 Å². The summed E-state index contributed by atoms with van der Waals surface area (Å²) in [5.74, 6) is 0.297. The van der Waals surface area contributed by atoms with E-state index >= 15 is 0 Å². The van der Waals surface area contributed by atoms with E-state index in [1.807, 2.05) is 26.2 Å². The standard InChI is InChI=1S/C16H22N2O/c1-12(19)15-6-4-5-7-16(15)17-13-8-10-14(11-9-13)18(2)3/h8-11,15H,4-7H2,1-3H3. The molecule has 1 atom stereocenters. The van der Waals surface area contributed by atoms with E-state index in [4.69, 9.17) is 4.99 Å². The van der Waals surface area contributed by atoms with Crippen LogP contribution in [0.4, 0.5) is 11.4 Å². The number of benzene rings is 1. The Balaban J connectivity index is 2.20. The molecule has 0 bridgehead atoms.